The lowest BCUT2D eigenvalue weighted by molar-refractivity contribution is 0.226. The molecule has 0 unspecified atom stereocenters. The minimum Gasteiger partial charge on any atom is -0.390 e. The van der Waals surface area contributed by atoms with E-state index < -0.39 is 0 Å². The average Bonchev–Trinajstić information content (AvgIpc) is 2.90. The molecule has 1 aliphatic rings. The molecular formula is C11H20N4O. The van der Waals surface area contributed by atoms with E-state index in [1.165, 1.54) is 32.4 Å². The molecule has 90 valence electrons. The molecule has 1 aromatic rings. The Hall–Kier alpha value is -0.940. The van der Waals surface area contributed by atoms with E-state index >= 15 is 0 Å². The molecule has 1 aliphatic heterocycles. The summed E-state index contributed by atoms with van der Waals surface area (Å²) in [4.78, 5) is 2.53. The van der Waals surface area contributed by atoms with E-state index in [4.69, 9.17) is 5.11 Å². The highest BCUT2D eigenvalue weighted by atomic mass is 16.3. The van der Waals surface area contributed by atoms with Gasteiger partial charge in [0.2, 0.25) is 0 Å². The zero-order valence-electron chi connectivity index (χ0n) is 9.84. The second-order valence-corrected chi connectivity index (χ2v) is 4.42. The number of hydrogen-bond acceptors (Lipinski definition) is 4. The molecule has 0 aromatic carbocycles. The highest BCUT2D eigenvalue weighted by molar-refractivity contribution is 4.90. The summed E-state index contributed by atoms with van der Waals surface area (Å²) >= 11 is 0. The quantitative estimate of drug-likeness (QED) is 0.797. The summed E-state index contributed by atoms with van der Waals surface area (Å²) in [5, 5.41) is 16.8. The Morgan fingerprint density at radius 1 is 1.56 bits per heavy atom. The molecule has 1 fully saturated rings. The Morgan fingerprint density at radius 2 is 2.44 bits per heavy atom. The van der Waals surface area contributed by atoms with Crippen LogP contribution in [0, 0.1) is 0 Å². The fourth-order valence-electron chi connectivity index (χ4n) is 2.40. The van der Waals surface area contributed by atoms with Crippen molar-refractivity contribution in [3.8, 4) is 0 Å². The first-order chi connectivity index (χ1) is 7.83. The van der Waals surface area contributed by atoms with Gasteiger partial charge in [0.1, 0.15) is 5.69 Å². The van der Waals surface area contributed by atoms with Crippen LogP contribution in [-0.4, -0.2) is 44.1 Å². The van der Waals surface area contributed by atoms with Gasteiger partial charge in [-0.15, -0.1) is 5.10 Å². The second kappa shape index (κ2) is 5.41. The van der Waals surface area contributed by atoms with Crippen LogP contribution in [0.3, 0.4) is 0 Å². The first kappa shape index (κ1) is 11.5. The fourth-order valence-corrected chi connectivity index (χ4v) is 2.40. The molecule has 5 nitrogen and oxygen atoms in total. The number of aromatic nitrogens is 3. The molecule has 0 amide bonds. The van der Waals surface area contributed by atoms with Crippen LogP contribution in [0.15, 0.2) is 6.20 Å². The SMILES string of the molecule is CCCN1CCC[C@@H]1Cn1cc(CO)nn1. The van der Waals surface area contributed by atoms with E-state index in [-0.39, 0.29) is 6.61 Å². The molecule has 2 rings (SSSR count). The van der Waals surface area contributed by atoms with Crippen LogP contribution >= 0.6 is 0 Å². The van der Waals surface area contributed by atoms with Crippen molar-refractivity contribution in [1.82, 2.24) is 19.9 Å². The molecule has 2 heterocycles. The zero-order chi connectivity index (χ0) is 11.4. The molecular weight excluding hydrogens is 204 g/mol. The number of nitrogens with zero attached hydrogens (tertiary/aromatic N) is 4. The van der Waals surface area contributed by atoms with Crippen molar-refractivity contribution in [3.05, 3.63) is 11.9 Å². The van der Waals surface area contributed by atoms with Gasteiger partial charge in [-0.2, -0.15) is 0 Å². The van der Waals surface area contributed by atoms with Crippen LogP contribution in [0.4, 0.5) is 0 Å². The standard InChI is InChI=1S/C11H20N4O/c1-2-5-14-6-3-4-11(14)8-15-7-10(9-16)12-13-15/h7,11,16H,2-6,8-9H2,1H3/t11-/m1/s1. The van der Waals surface area contributed by atoms with Gasteiger partial charge in [-0.1, -0.05) is 12.1 Å². The smallest absolute Gasteiger partial charge is 0.108 e. The first-order valence-electron chi connectivity index (χ1n) is 6.07. The molecule has 1 atom stereocenters. The Kier molecular flexibility index (Phi) is 3.90. The third kappa shape index (κ3) is 2.59. The van der Waals surface area contributed by atoms with Gasteiger partial charge in [0, 0.05) is 6.04 Å². The lowest BCUT2D eigenvalue weighted by atomic mass is 10.2. The highest BCUT2D eigenvalue weighted by Gasteiger charge is 2.24. The van der Waals surface area contributed by atoms with Crippen molar-refractivity contribution >= 4 is 0 Å². The zero-order valence-corrected chi connectivity index (χ0v) is 9.84. The summed E-state index contributed by atoms with van der Waals surface area (Å²) in [5.74, 6) is 0. The summed E-state index contributed by atoms with van der Waals surface area (Å²) in [6, 6.07) is 0.591. The topological polar surface area (TPSA) is 54.2 Å². The minimum atomic E-state index is -0.0245. The van der Waals surface area contributed by atoms with E-state index in [0.29, 0.717) is 11.7 Å². The summed E-state index contributed by atoms with van der Waals surface area (Å²) in [7, 11) is 0. The third-order valence-corrected chi connectivity index (χ3v) is 3.16. The highest BCUT2D eigenvalue weighted by Crippen LogP contribution is 2.18. The normalized spacial score (nSPS) is 21.8. The second-order valence-electron chi connectivity index (χ2n) is 4.42. The summed E-state index contributed by atoms with van der Waals surface area (Å²) in [6.07, 6.45) is 5.57. The van der Waals surface area contributed by atoms with Gasteiger partial charge in [0.05, 0.1) is 19.3 Å². The van der Waals surface area contributed by atoms with Gasteiger partial charge >= 0.3 is 0 Å². The van der Waals surface area contributed by atoms with Crippen LogP contribution in [-0.2, 0) is 13.2 Å². The van der Waals surface area contributed by atoms with Crippen LogP contribution < -0.4 is 0 Å². The first-order valence-corrected chi connectivity index (χ1v) is 6.07. The van der Waals surface area contributed by atoms with E-state index in [2.05, 4.69) is 22.1 Å². The maximum Gasteiger partial charge on any atom is 0.108 e. The molecule has 5 heteroatoms. The number of likely N-dealkylation sites (tertiary alicyclic amines) is 1. The van der Waals surface area contributed by atoms with Gasteiger partial charge in [-0.05, 0) is 32.4 Å². The van der Waals surface area contributed by atoms with E-state index in [9.17, 15) is 0 Å². The Labute approximate surface area is 96.1 Å². The van der Waals surface area contributed by atoms with Crippen LogP contribution in [0.5, 0.6) is 0 Å². The van der Waals surface area contributed by atoms with Crippen LogP contribution in [0.1, 0.15) is 31.9 Å². The molecule has 16 heavy (non-hydrogen) atoms. The predicted octanol–water partition coefficient (Wildman–Crippen LogP) is 0.645. The van der Waals surface area contributed by atoms with Crippen LogP contribution in [0.2, 0.25) is 0 Å². The summed E-state index contributed by atoms with van der Waals surface area (Å²) in [6.45, 7) is 5.47. The van der Waals surface area contributed by atoms with Gasteiger partial charge in [0.25, 0.3) is 0 Å². The number of aliphatic hydroxyl groups excluding tert-OH is 1. The fraction of sp³-hybridized carbons (Fsp3) is 0.818. The summed E-state index contributed by atoms with van der Waals surface area (Å²) < 4.78 is 1.85. The monoisotopic (exact) mass is 224 g/mol. The number of hydrogen-bond donors (Lipinski definition) is 1. The largest absolute Gasteiger partial charge is 0.390 e. The number of rotatable bonds is 5. The van der Waals surface area contributed by atoms with Crippen LogP contribution in [0.25, 0.3) is 0 Å². The molecule has 0 saturated carbocycles. The average molecular weight is 224 g/mol. The van der Waals surface area contributed by atoms with Crippen molar-refractivity contribution in [2.45, 2.75) is 45.4 Å². The molecule has 0 spiro atoms. The lowest BCUT2D eigenvalue weighted by Gasteiger charge is -2.23. The van der Waals surface area contributed by atoms with Crippen molar-refractivity contribution in [3.63, 3.8) is 0 Å². The van der Waals surface area contributed by atoms with Gasteiger partial charge in [0.15, 0.2) is 0 Å². The Morgan fingerprint density at radius 3 is 3.12 bits per heavy atom. The lowest BCUT2D eigenvalue weighted by Crippen LogP contribution is -2.33. The maximum atomic E-state index is 8.92. The van der Waals surface area contributed by atoms with Gasteiger partial charge in [-0.3, -0.25) is 9.58 Å². The van der Waals surface area contributed by atoms with E-state index in [1.54, 1.807) is 0 Å². The minimum absolute atomic E-state index is 0.0245. The maximum absolute atomic E-state index is 8.92. The summed E-state index contributed by atoms with van der Waals surface area (Å²) in [5.41, 5.74) is 0.653. The van der Waals surface area contributed by atoms with Crippen molar-refractivity contribution in [2.75, 3.05) is 13.1 Å². The molecule has 0 aliphatic carbocycles. The molecule has 0 radical (unpaired) electrons. The van der Waals surface area contributed by atoms with Crippen molar-refractivity contribution < 1.29 is 5.11 Å². The molecule has 0 bridgehead atoms. The Balaban J connectivity index is 1.92. The molecule has 1 aromatic heterocycles. The van der Waals surface area contributed by atoms with Crippen molar-refractivity contribution in [1.29, 1.82) is 0 Å². The van der Waals surface area contributed by atoms with E-state index in [1.807, 2.05) is 10.9 Å². The third-order valence-electron chi connectivity index (χ3n) is 3.16. The molecule has 1 saturated heterocycles. The molecule has 1 N–H and O–H groups in total. The number of aliphatic hydroxyl groups is 1. The van der Waals surface area contributed by atoms with Crippen molar-refractivity contribution in [2.24, 2.45) is 0 Å². The van der Waals surface area contributed by atoms with Gasteiger partial charge < -0.3 is 5.11 Å². The van der Waals surface area contributed by atoms with E-state index in [0.717, 1.165) is 6.54 Å². The predicted molar refractivity (Wildman–Crippen MR) is 60.8 cm³/mol. The van der Waals surface area contributed by atoms with Gasteiger partial charge in [-0.25, -0.2) is 0 Å². The Bertz CT molecular complexity index is 326.